The van der Waals surface area contributed by atoms with E-state index in [0.717, 1.165) is 41.9 Å². The molecule has 2 aromatic heterocycles. The second-order valence-electron chi connectivity index (χ2n) is 7.68. The van der Waals surface area contributed by atoms with Crippen molar-refractivity contribution in [3.63, 3.8) is 0 Å². The van der Waals surface area contributed by atoms with Gasteiger partial charge in [0.2, 0.25) is 11.7 Å². The van der Waals surface area contributed by atoms with Crippen LogP contribution in [0.1, 0.15) is 48.5 Å². The lowest BCUT2D eigenvalue weighted by Gasteiger charge is -2.25. The van der Waals surface area contributed by atoms with E-state index in [-0.39, 0.29) is 30.0 Å². The van der Waals surface area contributed by atoms with Gasteiger partial charge in [0.15, 0.2) is 11.6 Å². The van der Waals surface area contributed by atoms with E-state index in [0.29, 0.717) is 13.1 Å². The number of anilines is 2. The van der Waals surface area contributed by atoms with Crippen molar-refractivity contribution in [1.29, 1.82) is 0 Å². The first-order valence-corrected chi connectivity index (χ1v) is 10.5. The molecule has 7 nitrogen and oxygen atoms in total. The molecule has 4 rings (SSSR count). The Kier molecular flexibility index (Phi) is 6.16. The average Bonchev–Trinajstić information content (AvgIpc) is 3.43. The Morgan fingerprint density at radius 3 is 2.71 bits per heavy atom. The number of halogens is 1. The molecule has 31 heavy (non-hydrogen) atoms. The van der Waals surface area contributed by atoms with Gasteiger partial charge in [0, 0.05) is 19.5 Å². The van der Waals surface area contributed by atoms with Crippen molar-refractivity contribution in [1.82, 2.24) is 9.97 Å². The van der Waals surface area contributed by atoms with E-state index in [1.54, 1.807) is 0 Å². The molecule has 1 aromatic carbocycles. The van der Waals surface area contributed by atoms with Crippen LogP contribution in [0.15, 0.2) is 47.1 Å². The highest BCUT2D eigenvalue weighted by Gasteiger charge is 2.32. The second-order valence-corrected chi connectivity index (χ2v) is 7.68. The van der Waals surface area contributed by atoms with Crippen LogP contribution in [0.3, 0.4) is 0 Å². The fourth-order valence-corrected chi connectivity index (χ4v) is 3.93. The van der Waals surface area contributed by atoms with Gasteiger partial charge in [-0.3, -0.25) is 4.79 Å². The summed E-state index contributed by atoms with van der Waals surface area (Å²) in [6, 6.07) is 11.4. The topological polar surface area (TPSA) is 97.3 Å². The smallest absolute Gasteiger partial charge is 0.221 e. The van der Waals surface area contributed by atoms with Gasteiger partial charge in [-0.25, -0.2) is 9.97 Å². The Bertz CT molecular complexity index is 1050. The molecule has 0 bridgehead atoms. The molecule has 162 valence electrons. The minimum Gasteiger partial charge on any atom is -0.464 e. The van der Waals surface area contributed by atoms with Crippen LogP contribution in [0.4, 0.5) is 16.0 Å². The van der Waals surface area contributed by atoms with Crippen LogP contribution in [0.5, 0.6) is 0 Å². The summed E-state index contributed by atoms with van der Waals surface area (Å²) >= 11 is 0. The van der Waals surface area contributed by atoms with Gasteiger partial charge >= 0.3 is 0 Å². The van der Waals surface area contributed by atoms with E-state index >= 15 is 4.39 Å². The van der Waals surface area contributed by atoms with Crippen molar-refractivity contribution in [3.8, 4) is 0 Å². The summed E-state index contributed by atoms with van der Waals surface area (Å²) in [6.45, 7) is 3.15. The number of carbonyl (C=O) groups is 1. The fraction of sp³-hybridized carbons (Fsp3) is 0.348. The van der Waals surface area contributed by atoms with Gasteiger partial charge < -0.3 is 20.4 Å². The summed E-state index contributed by atoms with van der Waals surface area (Å²) in [6.07, 6.45) is 4.24. The molecule has 0 spiro atoms. The molecule has 1 aliphatic rings. The molecule has 3 heterocycles. The van der Waals surface area contributed by atoms with E-state index in [9.17, 15) is 4.79 Å². The zero-order valence-corrected chi connectivity index (χ0v) is 17.5. The Labute approximate surface area is 180 Å². The van der Waals surface area contributed by atoms with E-state index in [1.165, 1.54) is 6.33 Å². The number of hydrogen-bond donors (Lipinski definition) is 2. The Morgan fingerprint density at radius 2 is 2.00 bits per heavy atom. The lowest BCUT2D eigenvalue weighted by atomic mass is 10.1. The van der Waals surface area contributed by atoms with Gasteiger partial charge in [0.05, 0.1) is 12.5 Å². The van der Waals surface area contributed by atoms with Crippen molar-refractivity contribution in [2.45, 2.75) is 45.2 Å². The maximum Gasteiger partial charge on any atom is 0.221 e. The van der Waals surface area contributed by atoms with Gasteiger partial charge in [0.1, 0.15) is 17.8 Å². The van der Waals surface area contributed by atoms with Gasteiger partial charge in [-0.15, -0.1) is 0 Å². The zero-order valence-electron chi connectivity index (χ0n) is 17.5. The van der Waals surface area contributed by atoms with Crippen LogP contribution in [-0.4, -0.2) is 22.4 Å². The highest BCUT2D eigenvalue weighted by atomic mass is 19.1. The lowest BCUT2D eigenvalue weighted by Crippen LogP contribution is -2.25. The number of nitrogens with zero attached hydrogens (tertiary/aromatic N) is 3. The minimum absolute atomic E-state index is 0.0321. The van der Waals surface area contributed by atoms with Crippen molar-refractivity contribution in [3.05, 3.63) is 71.2 Å². The third-order valence-corrected chi connectivity index (χ3v) is 5.52. The lowest BCUT2D eigenvalue weighted by molar-refractivity contribution is -0.117. The van der Waals surface area contributed by atoms with Gasteiger partial charge in [-0.05, 0) is 36.1 Å². The van der Waals surface area contributed by atoms with Crippen LogP contribution in [0.25, 0.3) is 0 Å². The predicted molar refractivity (Wildman–Crippen MR) is 116 cm³/mol. The van der Waals surface area contributed by atoms with Gasteiger partial charge in [0.25, 0.3) is 0 Å². The van der Waals surface area contributed by atoms with Crippen LogP contribution >= 0.6 is 0 Å². The number of amides is 1. The number of benzene rings is 1. The van der Waals surface area contributed by atoms with Gasteiger partial charge in [-0.2, -0.15) is 4.39 Å². The number of aryl methyl sites for hydroxylation is 1. The Hall–Kier alpha value is -3.42. The number of carbonyl (C=O) groups excluding carboxylic acids is 1. The number of furan rings is 1. The van der Waals surface area contributed by atoms with Crippen LogP contribution in [0.2, 0.25) is 0 Å². The van der Waals surface area contributed by atoms with Crippen LogP contribution < -0.4 is 16.0 Å². The first-order valence-electron chi connectivity index (χ1n) is 10.5. The molecule has 0 radical (unpaired) electrons. The van der Waals surface area contributed by atoms with Crippen LogP contribution in [-0.2, 0) is 24.2 Å². The summed E-state index contributed by atoms with van der Waals surface area (Å²) in [7, 11) is 0. The maximum absolute atomic E-state index is 15.3. The highest BCUT2D eigenvalue weighted by Crippen LogP contribution is 2.38. The summed E-state index contributed by atoms with van der Waals surface area (Å²) < 4.78 is 21.2. The first kappa shape index (κ1) is 20.8. The third-order valence-electron chi connectivity index (χ3n) is 5.52. The number of primary amides is 1. The summed E-state index contributed by atoms with van der Waals surface area (Å²) in [4.78, 5) is 21.3. The normalized spacial score (nSPS) is 15.9. The van der Waals surface area contributed by atoms with E-state index < -0.39 is 5.82 Å². The van der Waals surface area contributed by atoms with E-state index in [1.807, 2.05) is 48.2 Å². The molecule has 0 aliphatic carbocycles. The zero-order chi connectivity index (χ0) is 21.8. The molecule has 8 heteroatoms. The third kappa shape index (κ3) is 4.68. The SMILES string of the molecule is CCc1ccc(C2CCCN2c2ncnc(NCc3ccc(CC(N)=O)cc3)c2F)o1. The summed E-state index contributed by atoms with van der Waals surface area (Å²) in [5.74, 6) is 1.37. The fourth-order valence-electron chi connectivity index (χ4n) is 3.93. The largest absolute Gasteiger partial charge is 0.464 e. The molecular formula is C23H26FN5O2. The molecule has 1 fully saturated rings. The monoisotopic (exact) mass is 423 g/mol. The van der Waals surface area contributed by atoms with Gasteiger partial charge in [-0.1, -0.05) is 31.2 Å². The van der Waals surface area contributed by atoms with Crippen molar-refractivity contribution >= 4 is 17.5 Å². The van der Waals surface area contributed by atoms with Crippen molar-refractivity contribution in [2.24, 2.45) is 5.73 Å². The predicted octanol–water partition coefficient (Wildman–Crippen LogP) is 3.75. The standard InChI is InChI=1S/C23H26FN5O2/c1-2-17-9-10-19(31-17)18-4-3-11-29(18)23-21(24)22(27-14-28-23)26-13-16-7-5-15(6-8-16)12-20(25)30/h5-10,14,18H,2-4,11-13H2,1H3,(H2,25,30)(H,26,27,28). The molecule has 1 atom stereocenters. The molecule has 3 N–H and O–H groups in total. The number of nitrogens with two attached hydrogens (primary N) is 1. The molecular weight excluding hydrogens is 397 g/mol. The Balaban J connectivity index is 1.48. The maximum atomic E-state index is 15.3. The molecule has 1 aliphatic heterocycles. The Morgan fingerprint density at radius 1 is 1.23 bits per heavy atom. The average molecular weight is 423 g/mol. The van der Waals surface area contributed by atoms with Crippen molar-refractivity contribution in [2.75, 3.05) is 16.8 Å². The molecule has 1 saturated heterocycles. The summed E-state index contributed by atoms with van der Waals surface area (Å²) in [5, 5.41) is 3.05. The number of hydrogen-bond acceptors (Lipinski definition) is 6. The molecule has 1 amide bonds. The van der Waals surface area contributed by atoms with E-state index in [2.05, 4.69) is 15.3 Å². The quantitative estimate of drug-likeness (QED) is 0.573. The second kappa shape index (κ2) is 9.16. The van der Waals surface area contributed by atoms with E-state index in [4.69, 9.17) is 10.2 Å². The molecule has 0 saturated carbocycles. The number of nitrogens with one attached hydrogen (secondary N) is 1. The number of rotatable bonds is 8. The minimum atomic E-state index is -0.470. The number of aromatic nitrogens is 2. The van der Waals surface area contributed by atoms with Crippen molar-refractivity contribution < 1.29 is 13.6 Å². The first-order chi connectivity index (χ1) is 15.0. The molecule has 1 unspecified atom stereocenters. The summed E-state index contributed by atoms with van der Waals surface area (Å²) in [5.41, 5.74) is 7.00. The highest BCUT2D eigenvalue weighted by molar-refractivity contribution is 5.76. The molecule has 3 aromatic rings. The van der Waals surface area contributed by atoms with Crippen LogP contribution in [0, 0.1) is 5.82 Å².